The monoisotopic (exact) mass is 324 g/mol. The van der Waals surface area contributed by atoms with Gasteiger partial charge < -0.3 is 6.15 Å². The molecule has 0 saturated carbocycles. The molecule has 0 aromatic heterocycles. The van der Waals surface area contributed by atoms with E-state index in [1.165, 1.54) is 0 Å². The van der Waals surface area contributed by atoms with Crippen LogP contribution in [0.2, 0.25) is 0 Å². The third-order valence-corrected chi connectivity index (χ3v) is 5.74. The summed E-state index contributed by atoms with van der Waals surface area (Å²) in [6.07, 6.45) is 9.94. The van der Waals surface area contributed by atoms with Crippen molar-refractivity contribution in [3.8, 4) is 0 Å². The predicted octanol–water partition coefficient (Wildman–Crippen LogP) is 6.16. The molecular weight excluding hydrogens is 285 g/mol. The van der Waals surface area contributed by atoms with E-state index < -0.39 is 7.94 Å². The fourth-order valence-corrected chi connectivity index (χ4v) is 4.24. The van der Waals surface area contributed by atoms with Gasteiger partial charge in [-0.1, -0.05) is 53.4 Å². The number of unbranched alkanes of at least 4 members (excludes halogenated alkanes) is 4. The summed E-state index contributed by atoms with van der Waals surface area (Å²) < 4.78 is 18.4. The molecule has 0 aromatic carbocycles. The van der Waals surface area contributed by atoms with Gasteiger partial charge in [0.2, 0.25) is 0 Å². The molecule has 0 unspecified atom stereocenters. The van der Waals surface area contributed by atoms with E-state index in [0.29, 0.717) is 0 Å². The van der Waals surface area contributed by atoms with E-state index in [0.717, 1.165) is 77.3 Å². The molecule has 130 valence electrons. The second-order valence-corrected chi connectivity index (χ2v) is 7.69. The number of hydrogen-bond acceptors (Lipinski definition) is 4. The molecule has 0 aliphatic rings. The lowest BCUT2D eigenvalue weighted by atomic mass is 10.4. The molecule has 0 atom stereocenters. The third kappa shape index (κ3) is 12.5. The average molecular weight is 324 g/mol. The molecule has 4 nitrogen and oxygen atoms in total. The van der Waals surface area contributed by atoms with Gasteiger partial charge in [-0.2, -0.15) is 13.6 Å². The van der Waals surface area contributed by atoms with Crippen molar-refractivity contribution in [1.82, 2.24) is 6.15 Å². The van der Waals surface area contributed by atoms with Crippen LogP contribution in [0.25, 0.3) is 0 Å². The summed E-state index contributed by atoms with van der Waals surface area (Å²) >= 11 is 0. The van der Waals surface area contributed by atoms with E-state index in [1.807, 2.05) is 0 Å². The van der Waals surface area contributed by atoms with Crippen molar-refractivity contribution in [1.29, 1.82) is 0 Å². The lowest BCUT2D eigenvalue weighted by Crippen LogP contribution is -2.13. The maximum Gasteiger partial charge on any atom is 0.411 e. The summed E-state index contributed by atoms with van der Waals surface area (Å²) in [6.45, 7) is 11.1. The molecule has 5 heteroatoms. The Hall–Kier alpha value is 0.270. The molecule has 0 fully saturated rings. The van der Waals surface area contributed by atoms with E-state index in [-0.39, 0.29) is 6.15 Å². The van der Waals surface area contributed by atoms with Crippen molar-refractivity contribution in [2.24, 2.45) is 0 Å². The zero-order valence-corrected chi connectivity index (χ0v) is 15.8. The fourth-order valence-electron chi connectivity index (χ4n) is 1.70. The quantitative estimate of drug-likeness (QED) is 0.289. The van der Waals surface area contributed by atoms with Crippen LogP contribution < -0.4 is 6.15 Å². The smallest absolute Gasteiger partial charge is 0.344 e. The van der Waals surface area contributed by atoms with E-state index in [1.54, 1.807) is 0 Å². The van der Waals surface area contributed by atoms with Crippen LogP contribution in [-0.4, -0.2) is 26.0 Å². The second-order valence-electron chi connectivity index (χ2n) is 5.25. The molecular formula is C16H39NO3P+. The largest absolute Gasteiger partial charge is 0.411 e. The van der Waals surface area contributed by atoms with Gasteiger partial charge in [-0.25, -0.2) is 0 Å². The molecule has 0 aliphatic heterocycles. The summed E-state index contributed by atoms with van der Waals surface area (Å²) in [5.74, 6) is 0. The summed E-state index contributed by atoms with van der Waals surface area (Å²) in [4.78, 5) is 0. The van der Waals surface area contributed by atoms with E-state index in [4.69, 9.17) is 13.6 Å². The lowest BCUT2D eigenvalue weighted by molar-refractivity contribution is 0.131. The molecule has 0 spiro atoms. The van der Waals surface area contributed by atoms with Gasteiger partial charge in [0.15, 0.2) is 0 Å². The topological polar surface area (TPSA) is 62.7 Å². The van der Waals surface area contributed by atoms with E-state index in [2.05, 4.69) is 27.7 Å². The van der Waals surface area contributed by atoms with Gasteiger partial charge in [0.25, 0.3) is 0 Å². The lowest BCUT2D eigenvalue weighted by Gasteiger charge is -2.22. The molecule has 0 rings (SSSR count). The zero-order valence-electron chi connectivity index (χ0n) is 14.9. The minimum absolute atomic E-state index is 0. The Kier molecular flexibility index (Phi) is 18.6. The highest BCUT2D eigenvalue weighted by molar-refractivity contribution is 7.61. The van der Waals surface area contributed by atoms with E-state index in [9.17, 15) is 0 Å². The van der Waals surface area contributed by atoms with Crippen LogP contribution in [-0.2, 0) is 13.6 Å². The van der Waals surface area contributed by atoms with Gasteiger partial charge in [-0.15, -0.1) is 0 Å². The molecule has 3 N–H and O–H groups in total. The van der Waals surface area contributed by atoms with Gasteiger partial charge in [0, 0.05) is 0 Å². The van der Waals surface area contributed by atoms with Crippen molar-refractivity contribution >= 4 is 7.94 Å². The molecule has 0 aliphatic carbocycles. The van der Waals surface area contributed by atoms with Crippen LogP contribution in [0, 0.1) is 0 Å². The predicted molar refractivity (Wildman–Crippen MR) is 94.3 cm³/mol. The average Bonchev–Trinajstić information content (AvgIpc) is 2.46. The highest BCUT2D eigenvalue weighted by atomic mass is 31.2. The highest BCUT2D eigenvalue weighted by Gasteiger charge is 2.44. The van der Waals surface area contributed by atoms with Crippen molar-refractivity contribution in [2.45, 2.75) is 79.1 Å². The maximum absolute atomic E-state index is 6.13. The molecule has 0 amide bonds. The normalized spacial score (nSPS) is 11.4. The van der Waals surface area contributed by atoms with Crippen LogP contribution in [0.5, 0.6) is 0 Å². The second kappa shape index (κ2) is 16.6. The maximum atomic E-state index is 6.13. The molecule has 0 bridgehead atoms. The van der Waals surface area contributed by atoms with Gasteiger partial charge in [0.05, 0.1) is 19.8 Å². The Balaban J connectivity index is 0. The summed E-state index contributed by atoms with van der Waals surface area (Å²) in [5, 5.41) is 0. The minimum atomic E-state index is -2.10. The number of rotatable bonds is 15. The van der Waals surface area contributed by atoms with Crippen molar-refractivity contribution in [3.05, 3.63) is 0 Å². The fraction of sp³-hybridized carbons (Fsp3) is 1.00. The first kappa shape index (κ1) is 23.5. The van der Waals surface area contributed by atoms with Crippen LogP contribution in [0.1, 0.15) is 79.1 Å². The van der Waals surface area contributed by atoms with Crippen LogP contribution in [0.3, 0.4) is 0 Å². The summed E-state index contributed by atoms with van der Waals surface area (Å²) in [5.41, 5.74) is 0. The zero-order chi connectivity index (χ0) is 15.1. The molecule has 0 heterocycles. The Morgan fingerprint density at radius 3 is 1.19 bits per heavy atom. The first-order chi connectivity index (χ1) is 9.74. The first-order valence-corrected chi connectivity index (χ1v) is 10.3. The molecule has 0 radical (unpaired) electrons. The van der Waals surface area contributed by atoms with Crippen molar-refractivity contribution in [3.63, 3.8) is 0 Å². The molecule has 0 aromatic rings. The summed E-state index contributed by atoms with van der Waals surface area (Å²) in [6, 6.07) is 0. The van der Waals surface area contributed by atoms with Crippen LogP contribution >= 0.6 is 7.94 Å². The Bertz CT molecular complexity index is 179. The van der Waals surface area contributed by atoms with Crippen LogP contribution in [0.15, 0.2) is 0 Å². The molecule has 0 saturated heterocycles. The SMILES string of the molecule is CCCCO[P+](CCCC)(OCCCC)OCCCC.N. The number of hydrogen-bond donors (Lipinski definition) is 1. The van der Waals surface area contributed by atoms with E-state index >= 15 is 0 Å². The molecule has 21 heavy (non-hydrogen) atoms. The Labute approximate surface area is 133 Å². The van der Waals surface area contributed by atoms with Gasteiger partial charge in [-0.3, -0.25) is 0 Å². The van der Waals surface area contributed by atoms with Gasteiger partial charge >= 0.3 is 7.94 Å². The Morgan fingerprint density at radius 2 is 0.905 bits per heavy atom. The minimum Gasteiger partial charge on any atom is -0.344 e. The first-order valence-electron chi connectivity index (χ1n) is 8.56. The third-order valence-electron chi connectivity index (χ3n) is 3.14. The van der Waals surface area contributed by atoms with Crippen LogP contribution in [0.4, 0.5) is 0 Å². The van der Waals surface area contributed by atoms with Gasteiger partial charge in [-0.05, 0) is 25.7 Å². The van der Waals surface area contributed by atoms with Gasteiger partial charge in [0.1, 0.15) is 6.16 Å². The Morgan fingerprint density at radius 1 is 0.571 bits per heavy atom. The van der Waals surface area contributed by atoms with Crippen molar-refractivity contribution in [2.75, 3.05) is 26.0 Å². The van der Waals surface area contributed by atoms with Crippen molar-refractivity contribution < 1.29 is 13.6 Å². The standard InChI is InChI=1S/C16H36O3P.H3N/c1-5-9-13-17-20(16-12-8-4,18-14-10-6-2)19-15-11-7-3;/h5-16H2,1-4H3;1H3/q+1;. The summed E-state index contributed by atoms with van der Waals surface area (Å²) in [7, 11) is -2.10. The highest BCUT2D eigenvalue weighted by Crippen LogP contribution is 2.63.